The second-order valence-electron chi connectivity index (χ2n) is 4.91. The summed E-state index contributed by atoms with van der Waals surface area (Å²) in [6.07, 6.45) is 1.96. The van der Waals surface area contributed by atoms with Gasteiger partial charge in [0.2, 0.25) is 0 Å². The molecule has 0 heterocycles. The number of nitrogens with one attached hydrogen (secondary N) is 1. The van der Waals surface area contributed by atoms with E-state index < -0.39 is 5.54 Å². The monoisotopic (exact) mass is 271 g/mol. The molecule has 1 rings (SSSR count). The van der Waals surface area contributed by atoms with E-state index in [-0.39, 0.29) is 19.3 Å². The molecule has 102 valence electrons. The van der Waals surface area contributed by atoms with Crippen LogP contribution in [0.2, 0.25) is 5.02 Å². The highest BCUT2D eigenvalue weighted by Gasteiger charge is 2.26. The first-order valence-electron chi connectivity index (χ1n) is 6.29. The lowest BCUT2D eigenvalue weighted by Crippen LogP contribution is -2.50. The summed E-state index contributed by atoms with van der Waals surface area (Å²) in [6.45, 7) is 3.72. The van der Waals surface area contributed by atoms with Crippen molar-refractivity contribution >= 4 is 11.6 Å². The largest absolute Gasteiger partial charge is 0.394 e. The van der Waals surface area contributed by atoms with Crippen molar-refractivity contribution in [3.05, 3.63) is 34.9 Å². The van der Waals surface area contributed by atoms with Gasteiger partial charge in [0.1, 0.15) is 0 Å². The number of rotatable bonds is 7. The molecule has 0 aliphatic heterocycles. The second-order valence-corrected chi connectivity index (χ2v) is 5.35. The van der Waals surface area contributed by atoms with Gasteiger partial charge in [0.05, 0.1) is 18.8 Å². The standard InChI is InChI=1S/C14H22ClNO2/c1-3-4-13(16-14(2,9-17)10-18)11-5-7-12(15)8-6-11/h5-8,13,16-18H,3-4,9-10H2,1-2H3. The minimum atomic E-state index is -0.667. The Bertz CT molecular complexity index is 349. The van der Waals surface area contributed by atoms with Gasteiger partial charge in [-0.05, 0) is 31.0 Å². The van der Waals surface area contributed by atoms with Gasteiger partial charge in [0, 0.05) is 11.1 Å². The maximum atomic E-state index is 9.35. The van der Waals surface area contributed by atoms with Crippen molar-refractivity contribution in [2.45, 2.75) is 38.3 Å². The van der Waals surface area contributed by atoms with Crippen LogP contribution in [0, 0.1) is 0 Å². The average Bonchev–Trinajstić information content (AvgIpc) is 2.39. The van der Waals surface area contributed by atoms with Crippen molar-refractivity contribution in [2.24, 2.45) is 0 Å². The maximum Gasteiger partial charge on any atom is 0.0633 e. The number of hydrogen-bond donors (Lipinski definition) is 3. The molecule has 1 unspecified atom stereocenters. The van der Waals surface area contributed by atoms with E-state index in [1.54, 1.807) is 0 Å². The summed E-state index contributed by atoms with van der Waals surface area (Å²) < 4.78 is 0. The lowest BCUT2D eigenvalue weighted by molar-refractivity contribution is 0.0925. The predicted molar refractivity (Wildman–Crippen MR) is 74.8 cm³/mol. The molecule has 3 N–H and O–H groups in total. The zero-order valence-corrected chi connectivity index (χ0v) is 11.7. The number of halogens is 1. The molecule has 4 heteroatoms. The summed E-state index contributed by atoms with van der Waals surface area (Å²) in [5.41, 5.74) is 0.453. The first-order valence-corrected chi connectivity index (χ1v) is 6.67. The molecular formula is C14H22ClNO2. The Morgan fingerprint density at radius 3 is 2.22 bits per heavy atom. The molecule has 0 fully saturated rings. The van der Waals surface area contributed by atoms with Crippen LogP contribution >= 0.6 is 11.6 Å². The van der Waals surface area contributed by atoms with Crippen LogP contribution in [0.5, 0.6) is 0 Å². The molecule has 18 heavy (non-hydrogen) atoms. The zero-order valence-electron chi connectivity index (χ0n) is 11.0. The molecule has 1 aromatic rings. The molecule has 0 saturated heterocycles. The van der Waals surface area contributed by atoms with Crippen molar-refractivity contribution in [2.75, 3.05) is 13.2 Å². The normalized spacial score (nSPS) is 13.6. The third-order valence-electron chi connectivity index (χ3n) is 3.07. The van der Waals surface area contributed by atoms with E-state index in [2.05, 4.69) is 12.2 Å². The van der Waals surface area contributed by atoms with E-state index >= 15 is 0 Å². The quantitative estimate of drug-likeness (QED) is 0.714. The number of aliphatic hydroxyl groups excluding tert-OH is 2. The van der Waals surface area contributed by atoms with E-state index in [4.69, 9.17) is 11.6 Å². The van der Waals surface area contributed by atoms with Crippen molar-refractivity contribution in [3.63, 3.8) is 0 Å². The summed E-state index contributed by atoms with van der Waals surface area (Å²) >= 11 is 5.88. The van der Waals surface area contributed by atoms with E-state index in [1.807, 2.05) is 31.2 Å². The Kier molecular flexibility index (Phi) is 6.09. The van der Waals surface area contributed by atoms with Gasteiger partial charge < -0.3 is 15.5 Å². The smallest absolute Gasteiger partial charge is 0.0633 e. The van der Waals surface area contributed by atoms with Crippen LogP contribution in [0.3, 0.4) is 0 Å². The van der Waals surface area contributed by atoms with Gasteiger partial charge in [-0.15, -0.1) is 0 Å². The molecule has 1 aromatic carbocycles. The Morgan fingerprint density at radius 2 is 1.78 bits per heavy atom. The number of hydrogen-bond acceptors (Lipinski definition) is 3. The van der Waals surface area contributed by atoms with E-state index in [1.165, 1.54) is 0 Å². The Hall–Kier alpha value is -0.610. The molecule has 3 nitrogen and oxygen atoms in total. The fourth-order valence-electron chi connectivity index (χ4n) is 1.87. The van der Waals surface area contributed by atoms with E-state index in [0.717, 1.165) is 18.4 Å². The molecule has 1 atom stereocenters. The fourth-order valence-corrected chi connectivity index (χ4v) is 1.99. The summed E-state index contributed by atoms with van der Waals surface area (Å²) in [5, 5.41) is 22.7. The molecule has 0 aliphatic carbocycles. The first-order chi connectivity index (χ1) is 8.54. The molecule has 0 radical (unpaired) electrons. The highest BCUT2D eigenvalue weighted by molar-refractivity contribution is 6.30. The van der Waals surface area contributed by atoms with Crippen LogP contribution in [0.1, 0.15) is 38.3 Å². The van der Waals surface area contributed by atoms with Gasteiger partial charge >= 0.3 is 0 Å². The molecule has 0 spiro atoms. The minimum absolute atomic E-state index is 0.0999. The van der Waals surface area contributed by atoms with Crippen LogP contribution in [-0.4, -0.2) is 29.0 Å². The highest BCUT2D eigenvalue weighted by atomic mass is 35.5. The SMILES string of the molecule is CCCC(NC(C)(CO)CO)c1ccc(Cl)cc1. The Labute approximate surface area is 114 Å². The van der Waals surface area contributed by atoms with Gasteiger partial charge in [-0.2, -0.15) is 0 Å². The van der Waals surface area contributed by atoms with Crippen molar-refractivity contribution in [3.8, 4) is 0 Å². The van der Waals surface area contributed by atoms with Crippen molar-refractivity contribution in [1.82, 2.24) is 5.32 Å². The maximum absolute atomic E-state index is 9.35. The number of aliphatic hydroxyl groups is 2. The minimum Gasteiger partial charge on any atom is -0.394 e. The summed E-state index contributed by atoms with van der Waals surface area (Å²) in [6, 6.07) is 7.78. The summed E-state index contributed by atoms with van der Waals surface area (Å²) in [7, 11) is 0. The molecule has 0 saturated carbocycles. The summed E-state index contributed by atoms with van der Waals surface area (Å²) in [4.78, 5) is 0. The lowest BCUT2D eigenvalue weighted by atomic mass is 9.97. The molecule has 0 aliphatic rings. The van der Waals surface area contributed by atoms with E-state index in [9.17, 15) is 10.2 Å². The predicted octanol–water partition coefficient (Wildman–Crippen LogP) is 2.51. The van der Waals surface area contributed by atoms with Gasteiger partial charge in [0.15, 0.2) is 0 Å². The van der Waals surface area contributed by atoms with Gasteiger partial charge in [-0.25, -0.2) is 0 Å². The van der Waals surface area contributed by atoms with Crippen molar-refractivity contribution in [1.29, 1.82) is 0 Å². The molecule has 0 amide bonds. The first kappa shape index (κ1) is 15.4. The Balaban J connectivity index is 2.85. The fraction of sp³-hybridized carbons (Fsp3) is 0.571. The van der Waals surface area contributed by atoms with Crippen LogP contribution < -0.4 is 5.32 Å². The van der Waals surface area contributed by atoms with Crippen molar-refractivity contribution < 1.29 is 10.2 Å². The topological polar surface area (TPSA) is 52.5 Å². The average molecular weight is 272 g/mol. The zero-order chi connectivity index (χ0) is 13.6. The third-order valence-corrected chi connectivity index (χ3v) is 3.32. The molecular weight excluding hydrogens is 250 g/mol. The van der Waals surface area contributed by atoms with Gasteiger partial charge in [0.25, 0.3) is 0 Å². The number of benzene rings is 1. The lowest BCUT2D eigenvalue weighted by Gasteiger charge is -2.32. The Morgan fingerprint density at radius 1 is 1.22 bits per heavy atom. The second kappa shape index (κ2) is 7.10. The van der Waals surface area contributed by atoms with E-state index in [0.29, 0.717) is 5.02 Å². The summed E-state index contributed by atoms with van der Waals surface area (Å²) in [5.74, 6) is 0. The van der Waals surface area contributed by atoms with Gasteiger partial charge in [-0.3, -0.25) is 0 Å². The van der Waals surface area contributed by atoms with Crippen LogP contribution in [0.15, 0.2) is 24.3 Å². The third kappa shape index (κ3) is 4.25. The molecule has 0 aromatic heterocycles. The van der Waals surface area contributed by atoms with Crippen LogP contribution in [0.25, 0.3) is 0 Å². The van der Waals surface area contributed by atoms with Crippen LogP contribution in [0.4, 0.5) is 0 Å². The molecule has 0 bridgehead atoms. The van der Waals surface area contributed by atoms with Gasteiger partial charge in [-0.1, -0.05) is 37.1 Å². The van der Waals surface area contributed by atoms with Crippen LogP contribution in [-0.2, 0) is 0 Å². The highest BCUT2D eigenvalue weighted by Crippen LogP contribution is 2.23.